The molecule has 0 atom stereocenters. The number of ether oxygens (including phenoxy) is 1. The van der Waals surface area contributed by atoms with E-state index in [2.05, 4.69) is 0 Å². The van der Waals surface area contributed by atoms with E-state index in [1.165, 1.54) is 0 Å². The second kappa shape index (κ2) is 4.07. The summed E-state index contributed by atoms with van der Waals surface area (Å²) in [6.45, 7) is 2.41. The molecule has 0 aromatic heterocycles. The molecule has 1 aromatic carbocycles. The molecule has 0 bridgehead atoms. The van der Waals surface area contributed by atoms with Gasteiger partial charge in [0.15, 0.2) is 0 Å². The number of halogens is 1. The zero-order valence-corrected chi connectivity index (χ0v) is 9.17. The van der Waals surface area contributed by atoms with Gasteiger partial charge in [0.2, 0.25) is 0 Å². The molecular formula is C12H11ClO2. The van der Waals surface area contributed by atoms with Gasteiger partial charge in [-0.1, -0.05) is 24.6 Å². The van der Waals surface area contributed by atoms with Crippen LogP contribution in [0.3, 0.4) is 0 Å². The predicted molar refractivity (Wildman–Crippen MR) is 59.8 cm³/mol. The highest BCUT2D eigenvalue weighted by molar-refractivity contribution is 6.31. The Bertz CT molecular complexity index is 435. The lowest BCUT2D eigenvalue weighted by atomic mass is 9.98. The lowest BCUT2D eigenvalue weighted by Crippen LogP contribution is -2.01. The number of benzene rings is 1. The lowest BCUT2D eigenvalue weighted by molar-refractivity contribution is -0.133. The van der Waals surface area contributed by atoms with Crippen LogP contribution in [0, 0.1) is 0 Å². The number of carbonyl (C=O) groups excluding carboxylic acids is 1. The number of carbonyl (C=O) groups is 1. The predicted octanol–water partition coefficient (Wildman–Crippen LogP) is 2.84. The minimum atomic E-state index is -0.257. The van der Waals surface area contributed by atoms with Crippen molar-refractivity contribution in [3.8, 4) is 0 Å². The van der Waals surface area contributed by atoms with Crippen LogP contribution in [-0.4, -0.2) is 12.6 Å². The molecule has 1 aromatic rings. The maximum Gasteiger partial charge on any atom is 0.338 e. The molecule has 78 valence electrons. The highest BCUT2D eigenvalue weighted by Gasteiger charge is 2.20. The minimum absolute atomic E-state index is 0.257. The van der Waals surface area contributed by atoms with E-state index in [0.29, 0.717) is 17.2 Å². The molecule has 2 rings (SSSR count). The van der Waals surface area contributed by atoms with Crippen LogP contribution in [0.5, 0.6) is 0 Å². The van der Waals surface area contributed by atoms with Gasteiger partial charge in [0.05, 0.1) is 5.57 Å². The maximum absolute atomic E-state index is 11.4. The van der Waals surface area contributed by atoms with Crippen molar-refractivity contribution in [1.29, 1.82) is 0 Å². The van der Waals surface area contributed by atoms with Crippen LogP contribution in [0.15, 0.2) is 24.3 Å². The standard InChI is InChI=1S/C12H11ClO2/c1-2-8-3-4-9(13)7-11(8)10-5-6-15-12(10)14/h3-5,7H,2,6H2,1H3. The third-order valence-electron chi connectivity index (χ3n) is 2.46. The van der Waals surface area contributed by atoms with Crippen LogP contribution in [0.2, 0.25) is 5.02 Å². The molecule has 1 heterocycles. The first-order valence-corrected chi connectivity index (χ1v) is 5.26. The highest BCUT2D eigenvalue weighted by Crippen LogP contribution is 2.27. The lowest BCUT2D eigenvalue weighted by Gasteiger charge is -2.07. The molecule has 0 saturated carbocycles. The third-order valence-corrected chi connectivity index (χ3v) is 2.70. The molecule has 0 aliphatic carbocycles. The molecule has 0 fully saturated rings. The molecule has 2 nitrogen and oxygen atoms in total. The molecule has 3 heteroatoms. The normalized spacial score (nSPS) is 15.1. The van der Waals surface area contributed by atoms with Gasteiger partial charge in [-0.3, -0.25) is 0 Å². The van der Waals surface area contributed by atoms with E-state index in [0.717, 1.165) is 17.5 Å². The van der Waals surface area contributed by atoms with Crippen LogP contribution < -0.4 is 0 Å². The van der Waals surface area contributed by atoms with E-state index in [-0.39, 0.29) is 5.97 Å². The Morgan fingerprint density at radius 3 is 2.87 bits per heavy atom. The summed E-state index contributed by atoms with van der Waals surface area (Å²) in [6, 6.07) is 5.60. The molecule has 15 heavy (non-hydrogen) atoms. The second-order valence-corrected chi connectivity index (χ2v) is 3.81. The molecule has 0 unspecified atom stereocenters. The topological polar surface area (TPSA) is 26.3 Å². The first-order chi connectivity index (χ1) is 7.22. The molecule has 1 aliphatic rings. The van der Waals surface area contributed by atoms with Crippen molar-refractivity contribution in [3.05, 3.63) is 40.4 Å². The average molecular weight is 223 g/mol. The van der Waals surface area contributed by atoms with Gasteiger partial charge < -0.3 is 4.74 Å². The van der Waals surface area contributed by atoms with Crippen molar-refractivity contribution >= 4 is 23.1 Å². The second-order valence-electron chi connectivity index (χ2n) is 3.37. The van der Waals surface area contributed by atoms with Gasteiger partial charge in [-0.15, -0.1) is 0 Å². The summed E-state index contributed by atoms with van der Waals surface area (Å²) in [5.41, 5.74) is 2.64. The zero-order valence-electron chi connectivity index (χ0n) is 8.42. The van der Waals surface area contributed by atoms with Crippen LogP contribution in [0.4, 0.5) is 0 Å². The fourth-order valence-corrected chi connectivity index (χ4v) is 1.86. The number of aryl methyl sites for hydroxylation is 1. The number of esters is 1. The summed E-state index contributed by atoms with van der Waals surface area (Å²) in [5.74, 6) is -0.257. The van der Waals surface area contributed by atoms with Crippen LogP contribution in [0.25, 0.3) is 5.57 Å². The summed E-state index contributed by atoms with van der Waals surface area (Å²) in [4.78, 5) is 11.4. The highest BCUT2D eigenvalue weighted by atomic mass is 35.5. The van der Waals surface area contributed by atoms with Gasteiger partial charge in [-0.25, -0.2) is 4.79 Å². The van der Waals surface area contributed by atoms with Gasteiger partial charge in [-0.05, 0) is 35.8 Å². The number of cyclic esters (lactones) is 1. The fraction of sp³-hybridized carbons (Fsp3) is 0.250. The largest absolute Gasteiger partial charge is 0.458 e. The van der Waals surface area contributed by atoms with Gasteiger partial charge in [-0.2, -0.15) is 0 Å². The van der Waals surface area contributed by atoms with Crippen molar-refractivity contribution in [3.63, 3.8) is 0 Å². The van der Waals surface area contributed by atoms with Gasteiger partial charge >= 0.3 is 5.97 Å². The van der Waals surface area contributed by atoms with Crippen molar-refractivity contribution in [1.82, 2.24) is 0 Å². The van der Waals surface area contributed by atoms with Crippen LogP contribution >= 0.6 is 11.6 Å². The van der Waals surface area contributed by atoms with Crippen molar-refractivity contribution in [2.45, 2.75) is 13.3 Å². The quantitative estimate of drug-likeness (QED) is 0.720. The molecule has 0 spiro atoms. The maximum atomic E-state index is 11.4. The number of hydrogen-bond donors (Lipinski definition) is 0. The summed E-state index contributed by atoms with van der Waals surface area (Å²) in [5, 5.41) is 0.641. The van der Waals surface area contributed by atoms with Crippen LogP contribution in [-0.2, 0) is 16.0 Å². The Hall–Kier alpha value is -1.28. The van der Waals surface area contributed by atoms with Crippen molar-refractivity contribution in [2.75, 3.05) is 6.61 Å². The van der Waals surface area contributed by atoms with Crippen LogP contribution in [0.1, 0.15) is 18.1 Å². The Balaban J connectivity index is 2.50. The van der Waals surface area contributed by atoms with E-state index in [4.69, 9.17) is 16.3 Å². The smallest absolute Gasteiger partial charge is 0.338 e. The molecule has 1 aliphatic heterocycles. The fourth-order valence-electron chi connectivity index (χ4n) is 1.69. The van der Waals surface area contributed by atoms with E-state index >= 15 is 0 Å². The monoisotopic (exact) mass is 222 g/mol. The summed E-state index contributed by atoms with van der Waals surface area (Å²) in [6.07, 6.45) is 2.67. The zero-order chi connectivity index (χ0) is 10.8. The van der Waals surface area contributed by atoms with E-state index < -0.39 is 0 Å². The van der Waals surface area contributed by atoms with Crippen molar-refractivity contribution in [2.24, 2.45) is 0 Å². The molecule has 0 saturated heterocycles. The Morgan fingerprint density at radius 1 is 1.47 bits per heavy atom. The van der Waals surface area contributed by atoms with E-state index in [1.54, 1.807) is 6.08 Å². The molecule has 0 amide bonds. The summed E-state index contributed by atoms with van der Waals surface area (Å²) < 4.78 is 4.88. The first-order valence-electron chi connectivity index (χ1n) is 4.88. The summed E-state index contributed by atoms with van der Waals surface area (Å²) in [7, 11) is 0. The average Bonchev–Trinajstić information content (AvgIpc) is 2.64. The number of rotatable bonds is 2. The summed E-state index contributed by atoms with van der Waals surface area (Å²) >= 11 is 5.92. The Kier molecular flexibility index (Phi) is 2.78. The van der Waals surface area contributed by atoms with Gasteiger partial charge in [0.25, 0.3) is 0 Å². The van der Waals surface area contributed by atoms with Crippen molar-refractivity contribution < 1.29 is 9.53 Å². The van der Waals surface area contributed by atoms with Gasteiger partial charge in [0.1, 0.15) is 6.61 Å². The van der Waals surface area contributed by atoms with E-state index in [1.807, 2.05) is 25.1 Å². The number of hydrogen-bond acceptors (Lipinski definition) is 2. The molecule has 0 N–H and O–H groups in total. The molecular weight excluding hydrogens is 212 g/mol. The Labute approximate surface area is 93.5 Å². The SMILES string of the molecule is CCc1ccc(Cl)cc1C1=CCOC1=O. The van der Waals surface area contributed by atoms with Gasteiger partial charge in [0, 0.05) is 5.02 Å². The molecule has 0 radical (unpaired) electrons. The van der Waals surface area contributed by atoms with E-state index in [9.17, 15) is 4.79 Å². The first kappa shape index (κ1) is 10.2. The Morgan fingerprint density at radius 2 is 2.27 bits per heavy atom. The third kappa shape index (κ3) is 1.90. The minimum Gasteiger partial charge on any atom is -0.458 e.